The van der Waals surface area contributed by atoms with E-state index in [9.17, 15) is 9.59 Å². The molecular formula is C15H21Cl2N3O2. The third kappa shape index (κ3) is 6.64. The van der Waals surface area contributed by atoms with E-state index in [1.54, 1.807) is 24.1 Å². The molecule has 0 aliphatic rings. The molecule has 122 valence electrons. The van der Waals surface area contributed by atoms with Crippen molar-refractivity contribution < 1.29 is 9.59 Å². The van der Waals surface area contributed by atoms with Gasteiger partial charge in [-0.25, -0.2) is 4.79 Å². The van der Waals surface area contributed by atoms with Gasteiger partial charge in [-0.05, 0) is 25.1 Å². The smallest absolute Gasteiger partial charge is 0.321 e. The van der Waals surface area contributed by atoms with Gasteiger partial charge in [-0.15, -0.1) is 0 Å². The summed E-state index contributed by atoms with van der Waals surface area (Å²) < 4.78 is 0. The molecule has 0 fully saturated rings. The third-order valence-corrected chi connectivity index (χ3v) is 3.81. The fourth-order valence-corrected chi connectivity index (χ4v) is 2.23. The van der Waals surface area contributed by atoms with Crippen LogP contribution in [-0.2, 0) is 11.3 Å². The molecule has 0 atom stereocenters. The molecule has 22 heavy (non-hydrogen) atoms. The molecule has 0 saturated heterocycles. The van der Waals surface area contributed by atoms with Crippen LogP contribution in [0.25, 0.3) is 0 Å². The Labute approximate surface area is 141 Å². The molecule has 0 bridgehead atoms. The summed E-state index contributed by atoms with van der Waals surface area (Å²) in [5.41, 5.74) is 0.830. The zero-order chi connectivity index (χ0) is 16.5. The number of nitrogens with one attached hydrogen (secondary N) is 2. The van der Waals surface area contributed by atoms with Crippen LogP contribution < -0.4 is 10.6 Å². The summed E-state index contributed by atoms with van der Waals surface area (Å²) >= 11 is 12.1. The van der Waals surface area contributed by atoms with Crippen molar-refractivity contribution >= 4 is 35.1 Å². The Hall–Kier alpha value is -1.30. The van der Waals surface area contributed by atoms with Gasteiger partial charge in [0.25, 0.3) is 0 Å². The lowest BCUT2D eigenvalue weighted by atomic mass is 10.2. The van der Waals surface area contributed by atoms with E-state index in [0.717, 1.165) is 18.4 Å². The van der Waals surface area contributed by atoms with Gasteiger partial charge < -0.3 is 5.32 Å². The van der Waals surface area contributed by atoms with Gasteiger partial charge in [0.15, 0.2) is 0 Å². The largest absolute Gasteiger partial charge is 0.338 e. The highest BCUT2D eigenvalue weighted by Gasteiger charge is 2.12. The Morgan fingerprint density at radius 3 is 2.68 bits per heavy atom. The highest BCUT2D eigenvalue weighted by molar-refractivity contribution is 6.42. The van der Waals surface area contributed by atoms with E-state index < -0.39 is 6.03 Å². The molecule has 0 saturated carbocycles. The van der Waals surface area contributed by atoms with E-state index >= 15 is 0 Å². The van der Waals surface area contributed by atoms with Crippen LogP contribution in [0.5, 0.6) is 0 Å². The van der Waals surface area contributed by atoms with Crippen LogP contribution >= 0.6 is 23.2 Å². The number of urea groups is 1. The molecule has 1 aromatic carbocycles. The molecule has 0 aliphatic carbocycles. The van der Waals surface area contributed by atoms with E-state index in [2.05, 4.69) is 10.6 Å². The molecule has 7 heteroatoms. The van der Waals surface area contributed by atoms with Crippen molar-refractivity contribution in [2.75, 3.05) is 20.1 Å². The quantitative estimate of drug-likeness (QED) is 0.746. The zero-order valence-corrected chi connectivity index (χ0v) is 14.3. The van der Waals surface area contributed by atoms with Crippen molar-refractivity contribution in [1.29, 1.82) is 0 Å². The number of carbonyl (C=O) groups is 2. The number of rotatable bonds is 7. The van der Waals surface area contributed by atoms with Crippen LogP contribution in [0.15, 0.2) is 18.2 Å². The van der Waals surface area contributed by atoms with Crippen LogP contribution in [-0.4, -0.2) is 37.0 Å². The number of unbranched alkanes of at least 4 members (excludes halogenated alkanes) is 1. The van der Waals surface area contributed by atoms with E-state index in [0.29, 0.717) is 23.1 Å². The van der Waals surface area contributed by atoms with Gasteiger partial charge >= 0.3 is 6.03 Å². The molecule has 5 nitrogen and oxygen atoms in total. The normalized spacial score (nSPS) is 10.6. The number of benzene rings is 1. The van der Waals surface area contributed by atoms with Crippen molar-refractivity contribution in [2.45, 2.75) is 26.3 Å². The standard InChI is InChI=1S/C15H21Cl2N3O2/c1-3-4-8-18-15(22)19-13(21)10-20(2)9-11-6-5-7-12(16)14(11)17/h5-7H,3-4,8-10H2,1-2H3,(H2,18,19,21,22). The van der Waals surface area contributed by atoms with Crippen LogP contribution in [0, 0.1) is 0 Å². The molecule has 1 aromatic rings. The van der Waals surface area contributed by atoms with Crippen LogP contribution in [0.2, 0.25) is 10.0 Å². The van der Waals surface area contributed by atoms with E-state index in [-0.39, 0.29) is 12.5 Å². The predicted octanol–water partition coefficient (Wildman–Crippen LogP) is 3.05. The minimum Gasteiger partial charge on any atom is -0.338 e. The summed E-state index contributed by atoms with van der Waals surface area (Å²) in [6.07, 6.45) is 1.87. The van der Waals surface area contributed by atoms with Gasteiger partial charge in [-0.2, -0.15) is 0 Å². The highest BCUT2D eigenvalue weighted by Crippen LogP contribution is 2.26. The molecule has 0 aliphatic heterocycles. The van der Waals surface area contributed by atoms with Gasteiger partial charge in [-0.1, -0.05) is 48.7 Å². The van der Waals surface area contributed by atoms with Crippen molar-refractivity contribution in [3.05, 3.63) is 33.8 Å². The van der Waals surface area contributed by atoms with Crippen LogP contribution in [0.3, 0.4) is 0 Å². The second-order valence-corrected chi connectivity index (χ2v) is 5.83. The maximum Gasteiger partial charge on any atom is 0.321 e. The summed E-state index contributed by atoms with van der Waals surface area (Å²) in [6.45, 7) is 3.14. The average Bonchev–Trinajstić information content (AvgIpc) is 2.44. The summed E-state index contributed by atoms with van der Waals surface area (Å²) in [5, 5.41) is 5.88. The van der Waals surface area contributed by atoms with Gasteiger partial charge in [0.1, 0.15) is 0 Å². The van der Waals surface area contributed by atoms with Crippen molar-refractivity contribution in [2.24, 2.45) is 0 Å². The first-order valence-corrected chi connectivity index (χ1v) is 7.88. The second-order valence-electron chi connectivity index (χ2n) is 5.04. The molecule has 0 radical (unpaired) electrons. The lowest BCUT2D eigenvalue weighted by Crippen LogP contribution is -2.43. The minimum absolute atomic E-state index is 0.0873. The number of imide groups is 1. The van der Waals surface area contributed by atoms with Crippen LogP contribution in [0.1, 0.15) is 25.3 Å². The first-order chi connectivity index (χ1) is 10.4. The lowest BCUT2D eigenvalue weighted by molar-refractivity contribution is -0.120. The zero-order valence-electron chi connectivity index (χ0n) is 12.8. The van der Waals surface area contributed by atoms with Gasteiger partial charge in [-0.3, -0.25) is 15.0 Å². The molecule has 0 spiro atoms. The molecule has 0 aromatic heterocycles. The number of amides is 3. The van der Waals surface area contributed by atoms with E-state index in [1.807, 2.05) is 13.0 Å². The van der Waals surface area contributed by atoms with E-state index in [1.165, 1.54) is 0 Å². The predicted molar refractivity (Wildman–Crippen MR) is 89.2 cm³/mol. The SMILES string of the molecule is CCCCNC(=O)NC(=O)CN(C)Cc1cccc(Cl)c1Cl. The van der Waals surface area contributed by atoms with Crippen molar-refractivity contribution in [1.82, 2.24) is 15.5 Å². The van der Waals surface area contributed by atoms with Crippen molar-refractivity contribution in [3.8, 4) is 0 Å². The first kappa shape index (κ1) is 18.7. The third-order valence-electron chi connectivity index (χ3n) is 2.95. The maximum absolute atomic E-state index is 11.8. The summed E-state index contributed by atoms with van der Waals surface area (Å²) in [4.78, 5) is 25.0. The summed E-state index contributed by atoms with van der Waals surface area (Å²) in [7, 11) is 1.77. The molecule has 3 amide bonds. The fraction of sp³-hybridized carbons (Fsp3) is 0.467. The Kier molecular flexibility index (Phi) is 8.24. The molecule has 2 N–H and O–H groups in total. The summed E-state index contributed by atoms with van der Waals surface area (Å²) in [6, 6.07) is 4.90. The first-order valence-electron chi connectivity index (χ1n) is 7.13. The monoisotopic (exact) mass is 345 g/mol. The fourth-order valence-electron chi connectivity index (χ4n) is 1.85. The van der Waals surface area contributed by atoms with Gasteiger partial charge in [0, 0.05) is 13.1 Å². The van der Waals surface area contributed by atoms with Crippen molar-refractivity contribution in [3.63, 3.8) is 0 Å². The number of carbonyl (C=O) groups excluding carboxylic acids is 2. The van der Waals surface area contributed by atoms with Crippen LogP contribution in [0.4, 0.5) is 4.79 Å². The van der Waals surface area contributed by atoms with E-state index in [4.69, 9.17) is 23.2 Å². The number of halogens is 2. The summed E-state index contributed by atoms with van der Waals surface area (Å²) in [5.74, 6) is -0.366. The molecular weight excluding hydrogens is 325 g/mol. The topological polar surface area (TPSA) is 61.4 Å². The van der Waals surface area contributed by atoms with Gasteiger partial charge in [0.05, 0.1) is 16.6 Å². The van der Waals surface area contributed by atoms with Gasteiger partial charge in [0.2, 0.25) is 5.91 Å². The Bertz CT molecular complexity index is 524. The average molecular weight is 346 g/mol. The lowest BCUT2D eigenvalue weighted by Gasteiger charge is -2.17. The molecule has 1 rings (SSSR count). The Morgan fingerprint density at radius 2 is 2.00 bits per heavy atom. The number of hydrogen-bond donors (Lipinski definition) is 2. The molecule has 0 unspecified atom stereocenters. The Balaban J connectivity index is 2.41. The number of hydrogen-bond acceptors (Lipinski definition) is 3. The Morgan fingerprint density at radius 1 is 1.27 bits per heavy atom. The highest BCUT2D eigenvalue weighted by atomic mass is 35.5. The number of likely N-dealkylation sites (N-methyl/N-ethyl adjacent to an activating group) is 1. The number of nitrogens with zero attached hydrogens (tertiary/aromatic N) is 1. The second kappa shape index (κ2) is 9.66. The molecule has 0 heterocycles. The maximum atomic E-state index is 11.8. The minimum atomic E-state index is -0.465.